The van der Waals surface area contributed by atoms with Gasteiger partial charge in [0.1, 0.15) is 0 Å². The zero-order valence-corrected chi connectivity index (χ0v) is 9.07. The maximum Gasteiger partial charge on any atom is 0.214 e. The molecule has 0 aromatic carbocycles. The largest absolute Gasteiger partial charge is 0.389 e. The lowest BCUT2D eigenvalue weighted by Gasteiger charge is -2.14. The molecule has 0 aromatic heterocycles. The molecular formula is C8H17NO4S. The van der Waals surface area contributed by atoms with E-state index in [0.29, 0.717) is 6.42 Å². The fraction of sp³-hybridized carbons (Fsp3) is 1.00. The van der Waals surface area contributed by atoms with Crippen molar-refractivity contribution in [3.05, 3.63) is 0 Å². The van der Waals surface area contributed by atoms with E-state index in [9.17, 15) is 18.6 Å². The van der Waals surface area contributed by atoms with Gasteiger partial charge in [-0.1, -0.05) is 13.3 Å². The maximum absolute atomic E-state index is 11.6. The first-order valence-corrected chi connectivity index (χ1v) is 6.42. The molecule has 1 heterocycles. The molecule has 2 N–H and O–H groups in total. The minimum absolute atomic E-state index is 0.0210. The number of hydrogen-bond donors (Lipinski definition) is 2. The Morgan fingerprint density at radius 1 is 1.29 bits per heavy atom. The van der Waals surface area contributed by atoms with E-state index in [1.54, 1.807) is 0 Å². The maximum atomic E-state index is 11.6. The fourth-order valence-electron chi connectivity index (χ4n) is 1.42. The summed E-state index contributed by atoms with van der Waals surface area (Å²) in [6, 6.07) is 0. The second kappa shape index (κ2) is 4.57. The van der Waals surface area contributed by atoms with Crippen LogP contribution in [0.3, 0.4) is 0 Å². The van der Waals surface area contributed by atoms with E-state index in [1.165, 1.54) is 0 Å². The van der Waals surface area contributed by atoms with Crippen LogP contribution in [0.25, 0.3) is 0 Å². The molecule has 0 aliphatic carbocycles. The number of sulfonamides is 1. The molecule has 0 aromatic rings. The molecule has 1 aliphatic heterocycles. The first-order chi connectivity index (χ1) is 6.47. The number of unbranched alkanes of at least 4 members (excludes halogenated alkanes) is 1. The van der Waals surface area contributed by atoms with Gasteiger partial charge in [-0.15, -0.1) is 0 Å². The van der Waals surface area contributed by atoms with Crippen molar-refractivity contribution in [2.24, 2.45) is 0 Å². The fourth-order valence-corrected chi connectivity index (χ4v) is 3.09. The van der Waals surface area contributed by atoms with Crippen LogP contribution in [0.4, 0.5) is 0 Å². The molecule has 6 heteroatoms. The van der Waals surface area contributed by atoms with E-state index in [4.69, 9.17) is 0 Å². The number of nitrogens with zero attached hydrogens (tertiary/aromatic N) is 1. The van der Waals surface area contributed by atoms with E-state index in [1.807, 2.05) is 6.92 Å². The van der Waals surface area contributed by atoms with Crippen LogP contribution < -0.4 is 0 Å². The average molecular weight is 223 g/mol. The summed E-state index contributed by atoms with van der Waals surface area (Å²) < 4.78 is 24.3. The van der Waals surface area contributed by atoms with Gasteiger partial charge in [0.05, 0.1) is 18.0 Å². The molecule has 0 bridgehead atoms. The third kappa shape index (κ3) is 2.66. The summed E-state index contributed by atoms with van der Waals surface area (Å²) in [6.45, 7) is 1.96. The smallest absolute Gasteiger partial charge is 0.214 e. The Bertz CT molecular complexity index is 267. The Morgan fingerprint density at radius 2 is 1.79 bits per heavy atom. The van der Waals surface area contributed by atoms with Crippen molar-refractivity contribution in [2.75, 3.05) is 18.8 Å². The number of aliphatic hydroxyl groups excluding tert-OH is 2. The highest BCUT2D eigenvalue weighted by molar-refractivity contribution is 7.89. The molecule has 14 heavy (non-hydrogen) atoms. The van der Waals surface area contributed by atoms with Crippen molar-refractivity contribution in [3.63, 3.8) is 0 Å². The zero-order chi connectivity index (χ0) is 10.8. The lowest BCUT2D eigenvalue weighted by molar-refractivity contribution is 0.0572. The molecule has 0 spiro atoms. The summed E-state index contributed by atoms with van der Waals surface area (Å²) in [5.74, 6) is 0.100. The number of hydrogen-bond acceptors (Lipinski definition) is 4. The lowest BCUT2D eigenvalue weighted by Crippen LogP contribution is -2.32. The Hall–Kier alpha value is -0.170. The van der Waals surface area contributed by atoms with E-state index in [0.717, 1.165) is 10.7 Å². The summed E-state index contributed by atoms with van der Waals surface area (Å²) >= 11 is 0. The Kier molecular flexibility index (Phi) is 3.88. The molecule has 2 atom stereocenters. The van der Waals surface area contributed by atoms with Gasteiger partial charge in [-0.05, 0) is 6.42 Å². The number of β-amino-alcohol motifs (C(OH)–C–C–N with tert-alkyl or cyclic N) is 2. The van der Waals surface area contributed by atoms with E-state index < -0.39 is 22.2 Å². The van der Waals surface area contributed by atoms with Gasteiger partial charge in [-0.2, -0.15) is 4.31 Å². The van der Waals surface area contributed by atoms with Gasteiger partial charge in [0.2, 0.25) is 10.0 Å². The van der Waals surface area contributed by atoms with Crippen LogP contribution in [-0.4, -0.2) is 54.0 Å². The van der Waals surface area contributed by atoms with Gasteiger partial charge in [0, 0.05) is 13.1 Å². The number of rotatable bonds is 4. The molecule has 0 amide bonds. The van der Waals surface area contributed by atoms with Crippen LogP contribution in [0.1, 0.15) is 19.8 Å². The molecule has 1 saturated heterocycles. The first-order valence-electron chi connectivity index (χ1n) is 4.81. The molecule has 0 radical (unpaired) electrons. The van der Waals surface area contributed by atoms with E-state index in [-0.39, 0.29) is 18.8 Å². The van der Waals surface area contributed by atoms with E-state index in [2.05, 4.69) is 0 Å². The van der Waals surface area contributed by atoms with E-state index >= 15 is 0 Å². The van der Waals surface area contributed by atoms with Crippen molar-refractivity contribution >= 4 is 10.0 Å². The van der Waals surface area contributed by atoms with Gasteiger partial charge in [0.25, 0.3) is 0 Å². The van der Waals surface area contributed by atoms with Crippen LogP contribution in [-0.2, 0) is 10.0 Å². The SMILES string of the molecule is CCCCS(=O)(=O)N1C[C@@H](O)[C@@H](O)C1. The van der Waals surface area contributed by atoms with Gasteiger partial charge >= 0.3 is 0 Å². The first kappa shape index (κ1) is 11.9. The predicted octanol–water partition coefficient (Wildman–Crippen LogP) is -0.846. The normalized spacial score (nSPS) is 29.6. The molecular weight excluding hydrogens is 206 g/mol. The highest BCUT2D eigenvalue weighted by Crippen LogP contribution is 2.15. The molecule has 1 aliphatic rings. The summed E-state index contributed by atoms with van der Waals surface area (Å²) in [7, 11) is -3.27. The molecule has 1 rings (SSSR count). The Labute approximate surface area is 84.4 Å². The predicted molar refractivity (Wildman–Crippen MR) is 52.3 cm³/mol. The molecule has 84 valence electrons. The second-order valence-electron chi connectivity index (χ2n) is 3.62. The molecule has 0 saturated carbocycles. The summed E-state index contributed by atoms with van der Waals surface area (Å²) in [5.41, 5.74) is 0. The van der Waals surface area contributed by atoms with Crippen molar-refractivity contribution in [2.45, 2.75) is 32.0 Å². The quantitative estimate of drug-likeness (QED) is 0.651. The van der Waals surface area contributed by atoms with Gasteiger partial charge in [0.15, 0.2) is 0 Å². The van der Waals surface area contributed by atoms with Gasteiger partial charge < -0.3 is 10.2 Å². The van der Waals surface area contributed by atoms with Crippen molar-refractivity contribution in [1.29, 1.82) is 0 Å². The standard InChI is InChI=1S/C8H17NO4S/c1-2-3-4-14(12,13)9-5-7(10)8(11)6-9/h7-8,10-11H,2-6H2,1H3/t7-,8+. The van der Waals surface area contributed by atoms with Crippen LogP contribution in [0.15, 0.2) is 0 Å². The Balaban J connectivity index is 2.57. The topological polar surface area (TPSA) is 77.8 Å². The zero-order valence-electron chi connectivity index (χ0n) is 8.26. The van der Waals surface area contributed by atoms with Gasteiger partial charge in [-0.3, -0.25) is 0 Å². The highest BCUT2D eigenvalue weighted by atomic mass is 32.2. The molecule has 0 unspecified atom stereocenters. The summed E-state index contributed by atoms with van der Waals surface area (Å²) in [6.07, 6.45) is -0.443. The minimum Gasteiger partial charge on any atom is -0.389 e. The van der Waals surface area contributed by atoms with Crippen LogP contribution in [0.2, 0.25) is 0 Å². The third-order valence-corrected chi connectivity index (χ3v) is 4.26. The molecule has 1 fully saturated rings. The van der Waals surface area contributed by atoms with Crippen molar-refractivity contribution in [1.82, 2.24) is 4.31 Å². The summed E-state index contributed by atoms with van der Waals surface area (Å²) in [4.78, 5) is 0. The van der Waals surface area contributed by atoms with Crippen LogP contribution in [0, 0.1) is 0 Å². The minimum atomic E-state index is -3.27. The second-order valence-corrected chi connectivity index (χ2v) is 5.71. The average Bonchev–Trinajstić information content (AvgIpc) is 2.45. The van der Waals surface area contributed by atoms with Crippen molar-refractivity contribution in [3.8, 4) is 0 Å². The number of aliphatic hydroxyl groups is 2. The highest BCUT2D eigenvalue weighted by Gasteiger charge is 2.36. The van der Waals surface area contributed by atoms with Crippen molar-refractivity contribution < 1.29 is 18.6 Å². The third-order valence-electron chi connectivity index (χ3n) is 2.37. The van der Waals surface area contributed by atoms with Gasteiger partial charge in [-0.25, -0.2) is 8.42 Å². The van der Waals surface area contributed by atoms with Crippen LogP contribution >= 0.6 is 0 Å². The lowest BCUT2D eigenvalue weighted by atomic mass is 10.3. The summed E-state index contributed by atoms with van der Waals surface area (Å²) in [5, 5.41) is 18.4. The van der Waals surface area contributed by atoms with Crippen LogP contribution in [0.5, 0.6) is 0 Å². The Morgan fingerprint density at radius 3 is 2.21 bits per heavy atom. The molecule has 5 nitrogen and oxygen atoms in total. The monoisotopic (exact) mass is 223 g/mol.